The molecule has 118 valence electrons. The Hall–Kier alpha value is -2.74. The van der Waals surface area contributed by atoms with Gasteiger partial charge in [0.15, 0.2) is 11.5 Å². The summed E-state index contributed by atoms with van der Waals surface area (Å²) in [7, 11) is 0. The van der Waals surface area contributed by atoms with Crippen molar-refractivity contribution in [3.05, 3.63) is 35.9 Å². The molecule has 8 nitrogen and oxygen atoms in total. The van der Waals surface area contributed by atoms with Crippen molar-refractivity contribution < 1.29 is 4.74 Å². The van der Waals surface area contributed by atoms with Crippen LogP contribution in [-0.4, -0.2) is 51.6 Å². The van der Waals surface area contributed by atoms with Gasteiger partial charge in [0.1, 0.15) is 0 Å². The van der Waals surface area contributed by atoms with Gasteiger partial charge >= 0.3 is 0 Å². The molecule has 23 heavy (non-hydrogen) atoms. The van der Waals surface area contributed by atoms with Gasteiger partial charge < -0.3 is 15.0 Å². The summed E-state index contributed by atoms with van der Waals surface area (Å²) in [5, 5.41) is 18.8. The van der Waals surface area contributed by atoms with Crippen LogP contribution in [0.4, 0.5) is 17.2 Å². The predicted octanol–water partition coefficient (Wildman–Crippen LogP) is 1.41. The standard InChI is InChI=1S/C15H17N7O/c1-11-10-12(2-3-13(11)21-6-8-23-9-7-21)16-14-4-5-15-17-19-20-22(15)18-14/h2-5,10H,6-9H2,1H3,(H,16,18). The number of anilines is 3. The molecule has 0 aliphatic carbocycles. The van der Waals surface area contributed by atoms with Gasteiger partial charge in [-0.3, -0.25) is 0 Å². The number of aryl methyl sites for hydroxylation is 1. The molecular weight excluding hydrogens is 294 g/mol. The lowest BCUT2D eigenvalue weighted by atomic mass is 10.1. The molecule has 4 rings (SSSR count). The quantitative estimate of drug-likeness (QED) is 0.783. The van der Waals surface area contributed by atoms with Crippen LogP contribution in [0.5, 0.6) is 0 Å². The van der Waals surface area contributed by atoms with Gasteiger partial charge in [-0.1, -0.05) is 0 Å². The Kier molecular flexibility index (Phi) is 3.51. The number of rotatable bonds is 3. The second-order valence-electron chi connectivity index (χ2n) is 5.47. The zero-order chi connectivity index (χ0) is 15.6. The van der Waals surface area contributed by atoms with E-state index in [-0.39, 0.29) is 0 Å². The molecule has 2 aromatic heterocycles. The molecule has 1 aliphatic rings. The van der Waals surface area contributed by atoms with Crippen molar-refractivity contribution in [3.63, 3.8) is 0 Å². The van der Waals surface area contributed by atoms with Crippen LogP contribution in [0.15, 0.2) is 30.3 Å². The molecule has 3 heterocycles. The molecule has 1 N–H and O–H groups in total. The Morgan fingerprint density at radius 3 is 2.83 bits per heavy atom. The smallest absolute Gasteiger partial charge is 0.200 e. The Labute approximate surface area is 133 Å². The topological polar surface area (TPSA) is 80.5 Å². The van der Waals surface area contributed by atoms with Crippen LogP contribution in [0.1, 0.15) is 5.56 Å². The van der Waals surface area contributed by atoms with Crippen molar-refractivity contribution >= 4 is 22.8 Å². The van der Waals surface area contributed by atoms with Crippen molar-refractivity contribution in [1.82, 2.24) is 25.3 Å². The van der Waals surface area contributed by atoms with Crippen LogP contribution in [0.3, 0.4) is 0 Å². The van der Waals surface area contributed by atoms with Crippen LogP contribution >= 0.6 is 0 Å². The zero-order valence-electron chi connectivity index (χ0n) is 12.8. The number of ether oxygens (including phenoxy) is 1. The summed E-state index contributed by atoms with van der Waals surface area (Å²) < 4.78 is 6.81. The Balaban J connectivity index is 1.55. The van der Waals surface area contributed by atoms with E-state index in [9.17, 15) is 0 Å². The number of morpholine rings is 1. The van der Waals surface area contributed by atoms with E-state index in [0.717, 1.165) is 32.0 Å². The summed E-state index contributed by atoms with van der Waals surface area (Å²) in [4.78, 5) is 2.36. The third-order valence-electron chi connectivity index (χ3n) is 3.89. The molecular formula is C15H17N7O. The lowest BCUT2D eigenvalue weighted by Gasteiger charge is -2.30. The maximum atomic E-state index is 5.41. The van der Waals surface area contributed by atoms with Crippen LogP contribution in [0, 0.1) is 6.92 Å². The van der Waals surface area contributed by atoms with Gasteiger partial charge in [0.25, 0.3) is 0 Å². The van der Waals surface area contributed by atoms with Crippen molar-refractivity contribution in [1.29, 1.82) is 0 Å². The van der Waals surface area contributed by atoms with Crippen LogP contribution in [0.2, 0.25) is 0 Å². The minimum atomic E-state index is 0.620. The highest BCUT2D eigenvalue weighted by molar-refractivity contribution is 5.64. The summed E-state index contributed by atoms with van der Waals surface area (Å²) >= 11 is 0. The minimum Gasteiger partial charge on any atom is -0.378 e. The van der Waals surface area contributed by atoms with E-state index in [1.165, 1.54) is 15.9 Å². The zero-order valence-corrected chi connectivity index (χ0v) is 12.8. The first kappa shape index (κ1) is 13.9. The molecule has 0 saturated carbocycles. The molecule has 0 amide bonds. The van der Waals surface area contributed by atoms with Gasteiger partial charge in [-0.2, -0.15) is 0 Å². The van der Waals surface area contributed by atoms with Crippen molar-refractivity contribution in [2.24, 2.45) is 0 Å². The van der Waals surface area contributed by atoms with E-state index in [4.69, 9.17) is 4.74 Å². The normalized spacial score (nSPS) is 15.1. The fourth-order valence-corrected chi connectivity index (χ4v) is 2.76. The summed E-state index contributed by atoms with van der Waals surface area (Å²) in [5.41, 5.74) is 4.08. The molecule has 8 heteroatoms. The second kappa shape index (κ2) is 5.81. The number of hydrogen-bond donors (Lipinski definition) is 1. The third kappa shape index (κ3) is 2.80. The average molecular weight is 311 g/mol. The summed E-state index contributed by atoms with van der Waals surface area (Å²) in [6.07, 6.45) is 0. The van der Waals surface area contributed by atoms with Crippen LogP contribution < -0.4 is 10.2 Å². The van der Waals surface area contributed by atoms with E-state index in [2.05, 4.69) is 56.0 Å². The number of hydrogen-bond acceptors (Lipinski definition) is 7. The van der Waals surface area contributed by atoms with Crippen molar-refractivity contribution in [2.75, 3.05) is 36.5 Å². The second-order valence-corrected chi connectivity index (χ2v) is 5.47. The van der Waals surface area contributed by atoms with Gasteiger partial charge in [0, 0.05) is 24.5 Å². The largest absolute Gasteiger partial charge is 0.378 e. The fourth-order valence-electron chi connectivity index (χ4n) is 2.76. The van der Waals surface area contributed by atoms with E-state index >= 15 is 0 Å². The molecule has 0 bridgehead atoms. The van der Waals surface area contributed by atoms with Crippen molar-refractivity contribution in [3.8, 4) is 0 Å². The summed E-state index contributed by atoms with van der Waals surface area (Å²) in [5.74, 6) is 0.698. The first-order chi connectivity index (χ1) is 11.3. The highest BCUT2D eigenvalue weighted by atomic mass is 16.5. The molecule has 1 aromatic carbocycles. The molecule has 0 atom stereocenters. The number of aromatic nitrogens is 5. The first-order valence-corrected chi connectivity index (χ1v) is 7.55. The maximum absolute atomic E-state index is 5.41. The SMILES string of the molecule is Cc1cc(Nc2ccc3nnnn3n2)ccc1N1CCOCC1. The monoisotopic (exact) mass is 311 g/mol. The molecule has 0 radical (unpaired) electrons. The number of fused-ring (bicyclic) bond motifs is 1. The van der Waals surface area contributed by atoms with Crippen molar-refractivity contribution in [2.45, 2.75) is 6.92 Å². The van der Waals surface area contributed by atoms with Gasteiger partial charge in [0.2, 0.25) is 0 Å². The fraction of sp³-hybridized carbons (Fsp3) is 0.333. The van der Waals surface area contributed by atoms with Crippen LogP contribution in [-0.2, 0) is 4.74 Å². The van der Waals surface area contributed by atoms with Gasteiger partial charge in [-0.05, 0) is 53.2 Å². The molecule has 3 aromatic rings. The third-order valence-corrected chi connectivity index (χ3v) is 3.89. The highest BCUT2D eigenvalue weighted by Crippen LogP contribution is 2.25. The molecule has 0 spiro atoms. The number of benzene rings is 1. The molecule has 1 fully saturated rings. The molecule has 1 saturated heterocycles. The van der Waals surface area contributed by atoms with Gasteiger partial charge in [-0.25, -0.2) is 0 Å². The van der Waals surface area contributed by atoms with Gasteiger partial charge in [0.05, 0.1) is 13.2 Å². The molecule has 0 unspecified atom stereocenters. The Bertz CT molecular complexity index is 826. The predicted molar refractivity (Wildman–Crippen MR) is 86.1 cm³/mol. The van der Waals surface area contributed by atoms with E-state index < -0.39 is 0 Å². The van der Waals surface area contributed by atoms with E-state index in [1.807, 2.05) is 12.1 Å². The highest BCUT2D eigenvalue weighted by Gasteiger charge is 2.13. The average Bonchev–Trinajstić information content (AvgIpc) is 3.03. The van der Waals surface area contributed by atoms with E-state index in [1.54, 1.807) is 0 Å². The Morgan fingerprint density at radius 2 is 2.00 bits per heavy atom. The lowest BCUT2D eigenvalue weighted by molar-refractivity contribution is 0.122. The lowest BCUT2D eigenvalue weighted by Crippen LogP contribution is -2.36. The van der Waals surface area contributed by atoms with Gasteiger partial charge in [-0.15, -0.1) is 14.8 Å². The van der Waals surface area contributed by atoms with Crippen LogP contribution in [0.25, 0.3) is 5.65 Å². The Morgan fingerprint density at radius 1 is 1.13 bits per heavy atom. The number of nitrogens with one attached hydrogen (secondary N) is 1. The number of nitrogens with zero attached hydrogens (tertiary/aromatic N) is 6. The minimum absolute atomic E-state index is 0.620. The first-order valence-electron chi connectivity index (χ1n) is 7.55. The summed E-state index contributed by atoms with van der Waals surface area (Å²) in [6.45, 7) is 5.56. The number of tetrazole rings is 1. The summed E-state index contributed by atoms with van der Waals surface area (Å²) in [6, 6.07) is 10.00. The molecule has 1 aliphatic heterocycles. The van der Waals surface area contributed by atoms with E-state index in [0.29, 0.717) is 11.5 Å². The maximum Gasteiger partial charge on any atom is 0.200 e.